The summed E-state index contributed by atoms with van der Waals surface area (Å²) in [5.41, 5.74) is 2.84. The molecule has 8 nitrogen and oxygen atoms in total. The van der Waals surface area contributed by atoms with Gasteiger partial charge in [0, 0.05) is 30.3 Å². The van der Waals surface area contributed by atoms with Gasteiger partial charge in [-0.25, -0.2) is 0 Å². The molecule has 4 rings (SSSR count). The molecule has 2 amide bonds. The van der Waals surface area contributed by atoms with Gasteiger partial charge in [-0.3, -0.25) is 9.59 Å². The van der Waals surface area contributed by atoms with Crippen molar-refractivity contribution in [2.45, 2.75) is 13.8 Å². The van der Waals surface area contributed by atoms with Crippen LogP contribution < -0.4 is 15.0 Å². The maximum atomic E-state index is 12.0. The summed E-state index contributed by atoms with van der Waals surface area (Å²) >= 11 is 0. The van der Waals surface area contributed by atoms with Gasteiger partial charge in [-0.2, -0.15) is 4.98 Å². The molecule has 0 radical (unpaired) electrons. The van der Waals surface area contributed by atoms with E-state index in [0.717, 1.165) is 11.1 Å². The third-order valence-electron chi connectivity index (χ3n) is 4.35. The van der Waals surface area contributed by atoms with Gasteiger partial charge in [0.25, 0.3) is 11.8 Å². The second-order valence-corrected chi connectivity index (χ2v) is 6.29. The molecule has 8 heteroatoms. The van der Waals surface area contributed by atoms with Gasteiger partial charge in [0.15, 0.2) is 6.61 Å². The monoisotopic (exact) mass is 378 g/mol. The van der Waals surface area contributed by atoms with Crippen LogP contribution >= 0.6 is 0 Å². The normalized spacial score (nSPS) is 13.1. The second kappa shape index (κ2) is 7.15. The van der Waals surface area contributed by atoms with Crippen molar-refractivity contribution in [2.75, 3.05) is 23.4 Å². The number of likely N-dealkylation sites (N-methyl/N-ethyl adjacent to an activating group) is 1. The van der Waals surface area contributed by atoms with Gasteiger partial charge in [0.05, 0.1) is 5.69 Å². The summed E-state index contributed by atoms with van der Waals surface area (Å²) in [6.07, 6.45) is 0. The van der Waals surface area contributed by atoms with E-state index in [2.05, 4.69) is 15.5 Å². The molecule has 1 aliphatic rings. The highest BCUT2D eigenvalue weighted by Gasteiger charge is 2.25. The van der Waals surface area contributed by atoms with E-state index in [1.807, 2.05) is 19.1 Å². The van der Waals surface area contributed by atoms with Crippen LogP contribution in [-0.2, 0) is 9.59 Å². The van der Waals surface area contributed by atoms with Gasteiger partial charge in [0.1, 0.15) is 5.75 Å². The Hall–Kier alpha value is -3.68. The van der Waals surface area contributed by atoms with Crippen LogP contribution in [0.25, 0.3) is 22.8 Å². The molecule has 0 atom stereocenters. The summed E-state index contributed by atoms with van der Waals surface area (Å²) in [7, 11) is 0. The number of rotatable bonds is 4. The average molecular weight is 378 g/mol. The predicted molar refractivity (Wildman–Crippen MR) is 103 cm³/mol. The van der Waals surface area contributed by atoms with Crippen molar-refractivity contribution in [3.63, 3.8) is 0 Å². The van der Waals surface area contributed by atoms with Crippen molar-refractivity contribution in [2.24, 2.45) is 0 Å². The molecule has 28 heavy (non-hydrogen) atoms. The molecule has 3 aromatic rings. The standard InChI is InChI=1S/C20H18N4O4/c1-3-24-16-10-14(6-9-17(16)27-11-18(24)26)19-22-20(28-23-19)13-4-7-15(8-5-13)21-12(2)25/h4-10H,3,11H2,1-2H3,(H,21,25). The number of hydrogen-bond acceptors (Lipinski definition) is 6. The number of fused-ring (bicyclic) bond motifs is 1. The number of nitrogens with zero attached hydrogens (tertiary/aromatic N) is 3. The summed E-state index contributed by atoms with van der Waals surface area (Å²) in [5.74, 6) is 1.21. The van der Waals surface area contributed by atoms with Crippen molar-refractivity contribution in [1.29, 1.82) is 0 Å². The molecule has 2 aromatic carbocycles. The van der Waals surface area contributed by atoms with Gasteiger partial charge in [0.2, 0.25) is 11.7 Å². The van der Waals surface area contributed by atoms with Gasteiger partial charge >= 0.3 is 0 Å². The first-order valence-corrected chi connectivity index (χ1v) is 8.84. The van der Waals surface area contributed by atoms with E-state index in [9.17, 15) is 9.59 Å². The first-order valence-electron chi connectivity index (χ1n) is 8.84. The Kier molecular flexibility index (Phi) is 4.52. The van der Waals surface area contributed by atoms with Crippen LogP contribution in [0, 0.1) is 0 Å². The zero-order chi connectivity index (χ0) is 19.7. The zero-order valence-corrected chi connectivity index (χ0v) is 15.4. The topological polar surface area (TPSA) is 97.6 Å². The Morgan fingerprint density at radius 3 is 2.64 bits per heavy atom. The molecule has 1 aliphatic heterocycles. The molecule has 0 saturated carbocycles. The van der Waals surface area contributed by atoms with E-state index in [1.165, 1.54) is 6.92 Å². The second-order valence-electron chi connectivity index (χ2n) is 6.29. The fourth-order valence-electron chi connectivity index (χ4n) is 3.05. The van der Waals surface area contributed by atoms with Gasteiger partial charge in [-0.1, -0.05) is 5.16 Å². The average Bonchev–Trinajstić information content (AvgIpc) is 3.18. The van der Waals surface area contributed by atoms with Crippen molar-refractivity contribution in [3.05, 3.63) is 42.5 Å². The highest BCUT2D eigenvalue weighted by atomic mass is 16.5. The van der Waals surface area contributed by atoms with E-state index in [1.54, 1.807) is 35.2 Å². The summed E-state index contributed by atoms with van der Waals surface area (Å²) in [6, 6.07) is 12.6. The first kappa shape index (κ1) is 17.7. The Labute approximate surface area is 161 Å². The van der Waals surface area contributed by atoms with E-state index >= 15 is 0 Å². The smallest absolute Gasteiger partial charge is 0.265 e. The molecular formula is C20H18N4O4. The van der Waals surface area contributed by atoms with Gasteiger partial charge in [-0.05, 0) is 49.4 Å². The van der Waals surface area contributed by atoms with Crippen LogP contribution in [0.2, 0.25) is 0 Å². The Balaban J connectivity index is 1.62. The lowest BCUT2D eigenvalue weighted by molar-refractivity contribution is -0.121. The fourth-order valence-corrected chi connectivity index (χ4v) is 3.05. The molecular weight excluding hydrogens is 360 g/mol. The fraction of sp³-hybridized carbons (Fsp3) is 0.200. The van der Waals surface area contributed by atoms with E-state index in [-0.39, 0.29) is 18.4 Å². The molecule has 0 aliphatic carbocycles. The summed E-state index contributed by atoms with van der Waals surface area (Å²) < 4.78 is 10.9. The lowest BCUT2D eigenvalue weighted by Gasteiger charge is -2.28. The van der Waals surface area contributed by atoms with Crippen LogP contribution in [0.4, 0.5) is 11.4 Å². The predicted octanol–water partition coefficient (Wildman–Crippen LogP) is 3.11. The van der Waals surface area contributed by atoms with Crippen molar-refractivity contribution in [1.82, 2.24) is 10.1 Å². The number of carbonyl (C=O) groups is 2. The van der Waals surface area contributed by atoms with E-state index in [0.29, 0.717) is 35.4 Å². The Morgan fingerprint density at radius 2 is 1.93 bits per heavy atom. The van der Waals surface area contributed by atoms with Crippen molar-refractivity contribution >= 4 is 23.2 Å². The molecule has 0 unspecified atom stereocenters. The third-order valence-corrected chi connectivity index (χ3v) is 4.35. The van der Waals surface area contributed by atoms with E-state index < -0.39 is 0 Å². The maximum Gasteiger partial charge on any atom is 0.265 e. The van der Waals surface area contributed by atoms with Crippen LogP contribution in [0.15, 0.2) is 47.0 Å². The molecule has 0 bridgehead atoms. The van der Waals surface area contributed by atoms with Gasteiger partial charge in [-0.15, -0.1) is 0 Å². The lowest BCUT2D eigenvalue weighted by atomic mass is 10.1. The Bertz CT molecular complexity index is 1040. The van der Waals surface area contributed by atoms with Crippen molar-refractivity contribution < 1.29 is 18.8 Å². The number of carbonyl (C=O) groups excluding carboxylic acids is 2. The molecule has 1 aromatic heterocycles. The van der Waals surface area contributed by atoms with Crippen LogP contribution in [0.1, 0.15) is 13.8 Å². The minimum absolute atomic E-state index is 0.0427. The highest BCUT2D eigenvalue weighted by Crippen LogP contribution is 2.35. The molecule has 0 fully saturated rings. The minimum Gasteiger partial charge on any atom is -0.482 e. The summed E-state index contributed by atoms with van der Waals surface area (Å²) in [4.78, 5) is 29.3. The molecule has 0 spiro atoms. The highest BCUT2D eigenvalue weighted by molar-refractivity contribution is 5.98. The third kappa shape index (κ3) is 3.32. The maximum absolute atomic E-state index is 12.0. The Morgan fingerprint density at radius 1 is 1.18 bits per heavy atom. The number of amides is 2. The van der Waals surface area contributed by atoms with E-state index in [4.69, 9.17) is 9.26 Å². The number of benzene rings is 2. The molecule has 142 valence electrons. The summed E-state index contributed by atoms with van der Waals surface area (Å²) in [6.45, 7) is 3.96. The molecule has 2 heterocycles. The van der Waals surface area contributed by atoms with Gasteiger partial charge < -0.3 is 19.5 Å². The summed E-state index contributed by atoms with van der Waals surface area (Å²) in [5, 5.41) is 6.76. The molecule has 0 saturated heterocycles. The number of ether oxygens (including phenoxy) is 1. The molecule has 1 N–H and O–H groups in total. The first-order chi connectivity index (χ1) is 13.5. The van der Waals surface area contributed by atoms with Crippen LogP contribution in [0.3, 0.4) is 0 Å². The lowest BCUT2D eigenvalue weighted by Crippen LogP contribution is -2.38. The van der Waals surface area contributed by atoms with Crippen molar-refractivity contribution in [3.8, 4) is 28.6 Å². The quantitative estimate of drug-likeness (QED) is 0.749. The number of aromatic nitrogens is 2. The minimum atomic E-state index is -0.135. The SMILES string of the molecule is CCN1C(=O)COc2ccc(-c3noc(-c4ccc(NC(C)=O)cc4)n3)cc21. The number of nitrogens with one attached hydrogen (secondary N) is 1. The number of hydrogen-bond donors (Lipinski definition) is 1. The van der Waals surface area contributed by atoms with Crippen LogP contribution in [-0.4, -0.2) is 35.1 Å². The zero-order valence-electron chi connectivity index (χ0n) is 15.4. The largest absolute Gasteiger partial charge is 0.482 e. The van der Waals surface area contributed by atoms with Crippen LogP contribution in [0.5, 0.6) is 5.75 Å². The number of anilines is 2.